The van der Waals surface area contributed by atoms with Crippen LogP contribution in [-0.4, -0.2) is 34.9 Å². The van der Waals surface area contributed by atoms with Crippen molar-refractivity contribution in [1.82, 2.24) is 15.3 Å². The van der Waals surface area contributed by atoms with Gasteiger partial charge in [0.15, 0.2) is 0 Å². The van der Waals surface area contributed by atoms with Crippen LogP contribution in [0, 0.1) is 5.92 Å². The van der Waals surface area contributed by atoms with E-state index in [0.717, 1.165) is 35.2 Å². The smallest absolute Gasteiger partial charge is 0.255 e. The Morgan fingerprint density at radius 3 is 2.36 bits per heavy atom. The van der Waals surface area contributed by atoms with Crippen LogP contribution in [0.15, 0.2) is 66.7 Å². The van der Waals surface area contributed by atoms with Crippen molar-refractivity contribution in [2.45, 2.75) is 38.6 Å². The van der Waals surface area contributed by atoms with Gasteiger partial charge in [0.05, 0.1) is 18.1 Å². The van der Waals surface area contributed by atoms with E-state index in [9.17, 15) is 9.59 Å². The molecule has 1 heterocycles. The minimum absolute atomic E-state index is 0.0426. The van der Waals surface area contributed by atoms with Crippen LogP contribution in [0.4, 0.5) is 5.69 Å². The molecule has 2 amide bonds. The van der Waals surface area contributed by atoms with Gasteiger partial charge in [0.2, 0.25) is 0 Å². The van der Waals surface area contributed by atoms with Gasteiger partial charge in [-0.1, -0.05) is 31.9 Å². The number of nitrogens with one attached hydrogen (secondary N) is 3. The summed E-state index contributed by atoms with van der Waals surface area (Å²) in [6.07, 6.45) is 4.61. The number of carbonyl (C=O) groups is 2. The van der Waals surface area contributed by atoms with E-state index in [1.807, 2.05) is 30.3 Å². The summed E-state index contributed by atoms with van der Waals surface area (Å²) in [4.78, 5) is 33.5. The van der Waals surface area contributed by atoms with Crippen LogP contribution in [0.3, 0.4) is 0 Å². The monoisotopic (exact) mass is 482 g/mol. The van der Waals surface area contributed by atoms with Crippen molar-refractivity contribution in [2.24, 2.45) is 5.92 Å². The Hall–Kier alpha value is -4.13. The van der Waals surface area contributed by atoms with Crippen molar-refractivity contribution >= 4 is 28.5 Å². The topological polar surface area (TPSA) is 96.1 Å². The number of H-pyrrole nitrogens is 1. The van der Waals surface area contributed by atoms with Crippen LogP contribution in [0.5, 0.6) is 5.75 Å². The summed E-state index contributed by atoms with van der Waals surface area (Å²) < 4.78 is 5.15. The van der Waals surface area contributed by atoms with E-state index in [0.29, 0.717) is 28.6 Å². The number of ether oxygens (including phenoxy) is 1. The fourth-order valence-electron chi connectivity index (χ4n) is 4.73. The molecular weight excluding hydrogens is 452 g/mol. The lowest BCUT2D eigenvalue weighted by Gasteiger charge is -2.29. The molecule has 0 radical (unpaired) electrons. The minimum atomic E-state index is -0.195. The fourth-order valence-corrected chi connectivity index (χ4v) is 4.73. The van der Waals surface area contributed by atoms with Gasteiger partial charge in [-0.05, 0) is 73.4 Å². The lowest BCUT2D eigenvalue weighted by Crippen LogP contribution is -2.41. The Morgan fingerprint density at radius 1 is 0.917 bits per heavy atom. The summed E-state index contributed by atoms with van der Waals surface area (Å²) in [6.45, 7) is 2.21. The normalized spacial score (nSPS) is 17.5. The van der Waals surface area contributed by atoms with Gasteiger partial charge in [-0.2, -0.15) is 0 Å². The third kappa shape index (κ3) is 5.10. The van der Waals surface area contributed by atoms with Gasteiger partial charge in [-0.25, -0.2) is 4.98 Å². The number of aromatic amines is 1. The number of amides is 2. The van der Waals surface area contributed by atoms with Gasteiger partial charge in [-0.15, -0.1) is 0 Å². The van der Waals surface area contributed by atoms with Crippen molar-refractivity contribution in [1.29, 1.82) is 0 Å². The second kappa shape index (κ2) is 10.2. The zero-order valence-corrected chi connectivity index (χ0v) is 20.5. The molecule has 0 bridgehead atoms. The third-order valence-corrected chi connectivity index (χ3v) is 6.94. The van der Waals surface area contributed by atoms with Gasteiger partial charge >= 0.3 is 0 Å². The molecule has 1 fully saturated rings. The number of hydrogen-bond donors (Lipinski definition) is 3. The number of imidazole rings is 1. The highest BCUT2D eigenvalue weighted by atomic mass is 16.5. The molecule has 0 aliphatic heterocycles. The number of anilines is 1. The quantitative estimate of drug-likeness (QED) is 0.324. The molecule has 1 saturated carbocycles. The summed E-state index contributed by atoms with van der Waals surface area (Å²) in [7, 11) is 1.60. The molecule has 0 spiro atoms. The van der Waals surface area contributed by atoms with Crippen LogP contribution in [0.25, 0.3) is 22.4 Å². The Balaban J connectivity index is 1.28. The predicted octanol–water partition coefficient (Wildman–Crippen LogP) is 5.80. The van der Waals surface area contributed by atoms with Gasteiger partial charge in [-0.3, -0.25) is 9.59 Å². The molecule has 1 aromatic heterocycles. The number of aromatic nitrogens is 2. The molecule has 7 heteroatoms. The van der Waals surface area contributed by atoms with Gasteiger partial charge in [0, 0.05) is 28.4 Å². The van der Waals surface area contributed by atoms with Gasteiger partial charge in [0.1, 0.15) is 11.6 Å². The van der Waals surface area contributed by atoms with Crippen LogP contribution < -0.4 is 15.4 Å². The number of rotatable bonds is 6. The van der Waals surface area contributed by atoms with E-state index in [2.05, 4.69) is 27.5 Å². The van der Waals surface area contributed by atoms with Crippen LogP contribution in [0.1, 0.15) is 53.3 Å². The van der Waals surface area contributed by atoms with E-state index in [-0.39, 0.29) is 17.9 Å². The molecular formula is C29H30N4O3. The van der Waals surface area contributed by atoms with E-state index in [1.54, 1.807) is 43.5 Å². The molecule has 36 heavy (non-hydrogen) atoms. The first-order valence-corrected chi connectivity index (χ1v) is 12.4. The molecule has 2 atom stereocenters. The van der Waals surface area contributed by atoms with Crippen LogP contribution in [0.2, 0.25) is 0 Å². The van der Waals surface area contributed by atoms with E-state index < -0.39 is 0 Å². The lowest BCUT2D eigenvalue weighted by atomic mass is 9.86. The molecule has 3 aromatic carbocycles. The van der Waals surface area contributed by atoms with Gasteiger partial charge < -0.3 is 20.4 Å². The first-order chi connectivity index (χ1) is 17.5. The number of methoxy groups -OCH3 is 1. The molecule has 1 aliphatic rings. The fraction of sp³-hybridized carbons (Fsp3) is 0.276. The zero-order chi connectivity index (χ0) is 25.1. The number of fused-ring (bicyclic) bond motifs is 1. The van der Waals surface area contributed by atoms with Crippen LogP contribution in [-0.2, 0) is 0 Å². The summed E-state index contributed by atoms with van der Waals surface area (Å²) >= 11 is 0. The first-order valence-electron chi connectivity index (χ1n) is 12.4. The number of carbonyl (C=O) groups excluding carboxylic acids is 2. The molecule has 2 unspecified atom stereocenters. The second-order valence-corrected chi connectivity index (χ2v) is 9.42. The maximum Gasteiger partial charge on any atom is 0.255 e. The first kappa shape index (κ1) is 23.6. The molecule has 7 nitrogen and oxygen atoms in total. The Bertz CT molecular complexity index is 1380. The van der Waals surface area contributed by atoms with E-state index in [4.69, 9.17) is 4.74 Å². The van der Waals surface area contributed by atoms with Crippen molar-refractivity contribution in [3.8, 4) is 17.1 Å². The SMILES string of the molecule is COc1ccc(NC(=O)c2ccc(-c3nc4ccc(C(=O)NC5CCCCC5C)cc4[nH]3)cc2)cc1. The standard InChI is InChI=1S/C29H30N4O3/c1-18-5-3-4-6-24(18)33-29(35)21-11-16-25-26(17-21)32-27(31-25)19-7-9-20(10-8-19)28(34)30-22-12-14-23(36-2)15-13-22/h7-18,24H,3-6H2,1-2H3,(H,30,34)(H,31,32)(H,33,35). The Morgan fingerprint density at radius 2 is 1.64 bits per heavy atom. The highest BCUT2D eigenvalue weighted by Gasteiger charge is 2.23. The third-order valence-electron chi connectivity index (χ3n) is 6.94. The molecule has 1 aliphatic carbocycles. The summed E-state index contributed by atoms with van der Waals surface area (Å²) in [5, 5.41) is 6.09. The van der Waals surface area contributed by atoms with E-state index in [1.165, 1.54) is 12.8 Å². The van der Waals surface area contributed by atoms with Crippen molar-refractivity contribution in [3.63, 3.8) is 0 Å². The summed E-state index contributed by atoms with van der Waals surface area (Å²) in [5.41, 5.74) is 4.31. The van der Waals surface area contributed by atoms with Crippen molar-refractivity contribution in [3.05, 3.63) is 77.9 Å². The summed E-state index contributed by atoms with van der Waals surface area (Å²) in [6, 6.07) is 20.2. The van der Waals surface area contributed by atoms with Crippen molar-refractivity contribution < 1.29 is 14.3 Å². The summed E-state index contributed by atoms with van der Waals surface area (Å²) in [5.74, 6) is 1.69. The average molecular weight is 483 g/mol. The van der Waals surface area contributed by atoms with Crippen molar-refractivity contribution in [2.75, 3.05) is 12.4 Å². The maximum atomic E-state index is 12.9. The highest BCUT2D eigenvalue weighted by Crippen LogP contribution is 2.25. The second-order valence-electron chi connectivity index (χ2n) is 9.42. The zero-order valence-electron chi connectivity index (χ0n) is 20.5. The molecule has 3 N–H and O–H groups in total. The van der Waals surface area contributed by atoms with Crippen LogP contribution >= 0.6 is 0 Å². The Kier molecular flexibility index (Phi) is 6.71. The largest absolute Gasteiger partial charge is 0.497 e. The number of benzene rings is 3. The molecule has 4 aromatic rings. The Labute approximate surface area is 210 Å². The number of nitrogens with zero attached hydrogens (tertiary/aromatic N) is 1. The highest BCUT2D eigenvalue weighted by molar-refractivity contribution is 6.04. The molecule has 184 valence electrons. The van der Waals surface area contributed by atoms with Gasteiger partial charge in [0.25, 0.3) is 11.8 Å². The lowest BCUT2D eigenvalue weighted by molar-refractivity contribution is 0.0910. The average Bonchev–Trinajstić information content (AvgIpc) is 3.34. The molecule has 0 saturated heterocycles. The maximum absolute atomic E-state index is 12.9. The minimum Gasteiger partial charge on any atom is -0.497 e. The predicted molar refractivity (Wildman–Crippen MR) is 141 cm³/mol. The van der Waals surface area contributed by atoms with E-state index >= 15 is 0 Å². The molecule has 5 rings (SSSR count). The number of hydrogen-bond acceptors (Lipinski definition) is 4.